The average Bonchev–Trinajstić information content (AvgIpc) is 3.10. The topological polar surface area (TPSA) is 51.4 Å². The van der Waals surface area contributed by atoms with Crippen molar-refractivity contribution in [3.05, 3.63) is 38.5 Å². The molecule has 0 saturated carbocycles. The molecule has 1 saturated heterocycles. The van der Waals surface area contributed by atoms with Gasteiger partial charge in [0.25, 0.3) is 0 Å². The summed E-state index contributed by atoms with van der Waals surface area (Å²) >= 11 is 3.38. The molecule has 102 valence electrons. The van der Waals surface area contributed by atoms with E-state index < -0.39 is 0 Å². The zero-order valence-corrected chi connectivity index (χ0v) is 12.3. The first-order valence-electron chi connectivity index (χ1n) is 6.36. The highest BCUT2D eigenvalue weighted by atomic mass is 32.1. The maximum atomic E-state index is 6.23. The van der Waals surface area contributed by atoms with Gasteiger partial charge in [0.1, 0.15) is 5.01 Å². The van der Waals surface area contributed by atoms with Crippen LogP contribution in [0.5, 0.6) is 0 Å². The highest BCUT2D eigenvalue weighted by Gasteiger charge is 2.16. The lowest BCUT2D eigenvalue weighted by molar-refractivity contribution is 0.0341. The summed E-state index contributed by atoms with van der Waals surface area (Å²) in [4.78, 5) is 8.23. The minimum absolute atomic E-state index is 0.0883. The Balaban J connectivity index is 1.65. The van der Waals surface area contributed by atoms with Crippen LogP contribution in [0.1, 0.15) is 21.6 Å². The number of hydrogen-bond acceptors (Lipinski definition) is 6. The van der Waals surface area contributed by atoms with Gasteiger partial charge < -0.3 is 10.5 Å². The number of hydrogen-bond donors (Lipinski definition) is 1. The van der Waals surface area contributed by atoms with E-state index in [2.05, 4.69) is 26.7 Å². The number of nitrogens with zero attached hydrogens (tertiary/aromatic N) is 2. The lowest BCUT2D eigenvalue weighted by atomic mass is 10.2. The number of thiazole rings is 1. The Kier molecular flexibility index (Phi) is 4.24. The van der Waals surface area contributed by atoms with Gasteiger partial charge in [-0.05, 0) is 11.4 Å². The van der Waals surface area contributed by atoms with Crippen LogP contribution in [0.3, 0.4) is 0 Å². The lowest BCUT2D eigenvalue weighted by Crippen LogP contribution is -2.35. The Bertz CT molecular complexity index is 506. The van der Waals surface area contributed by atoms with Gasteiger partial charge in [0, 0.05) is 23.3 Å². The van der Waals surface area contributed by atoms with Gasteiger partial charge in [-0.15, -0.1) is 22.7 Å². The fraction of sp³-hybridized carbons (Fsp3) is 0.462. The SMILES string of the molecule is NC(c1csc(CN2CCOCC2)n1)c1cccs1. The van der Waals surface area contributed by atoms with Crippen molar-refractivity contribution in [3.63, 3.8) is 0 Å². The molecule has 1 unspecified atom stereocenters. The molecule has 2 aromatic rings. The Morgan fingerprint density at radius 1 is 1.37 bits per heavy atom. The van der Waals surface area contributed by atoms with E-state index in [9.17, 15) is 0 Å². The van der Waals surface area contributed by atoms with Gasteiger partial charge in [-0.3, -0.25) is 4.90 Å². The van der Waals surface area contributed by atoms with E-state index >= 15 is 0 Å². The third-order valence-electron chi connectivity index (χ3n) is 3.20. The van der Waals surface area contributed by atoms with Crippen LogP contribution in [0.4, 0.5) is 0 Å². The molecular formula is C13H17N3OS2. The Morgan fingerprint density at radius 3 is 2.95 bits per heavy atom. The van der Waals surface area contributed by atoms with Gasteiger partial charge in [0.15, 0.2) is 0 Å². The maximum Gasteiger partial charge on any atom is 0.107 e. The molecule has 19 heavy (non-hydrogen) atoms. The molecule has 0 spiro atoms. The van der Waals surface area contributed by atoms with Gasteiger partial charge in [0.05, 0.1) is 31.5 Å². The first kappa shape index (κ1) is 13.2. The second-order valence-corrected chi connectivity index (χ2v) is 6.47. The molecule has 4 nitrogen and oxygen atoms in total. The van der Waals surface area contributed by atoms with E-state index in [1.54, 1.807) is 22.7 Å². The first-order valence-corrected chi connectivity index (χ1v) is 8.12. The molecule has 3 heterocycles. The van der Waals surface area contributed by atoms with Crippen molar-refractivity contribution in [2.24, 2.45) is 5.73 Å². The molecule has 1 aliphatic heterocycles. The third-order valence-corrected chi connectivity index (χ3v) is 5.01. The quantitative estimate of drug-likeness (QED) is 0.938. The molecule has 1 aliphatic rings. The minimum Gasteiger partial charge on any atom is -0.379 e. The molecule has 3 rings (SSSR count). The first-order chi connectivity index (χ1) is 9.33. The summed E-state index contributed by atoms with van der Waals surface area (Å²) in [6.07, 6.45) is 0. The van der Waals surface area contributed by atoms with Crippen molar-refractivity contribution < 1.29 is 4.74 Å². The smallest absolute Gasteiger partial charge is 0.107 e. The summed E-state index contributed by atoms with van der Waals surface area (Å²) < 4.78 is 5.35. The molecular weight excluding hydrogens is 278 g/mol. The van der Waals surface area contributed by atoms with Gasteiger partial charge >= 0.3 is 0 Å². The Labute approximate surface area is 120 Å². The summed E-state index contributed by atoms with van der Waals surface area (Å²) in [5, 5.41) is 5.28. The maximum absolute atomic E-state index is 6.23. The third kappa shape index (κ3) is 3.21. The van der Waals surface area contributed by atoms with E-state index in [1.807, 2.05) is 6.07 Å². The largest absolute Gasteiger partial charge is 0.379 e. The fourth-order valence-electron chi connectivity index (χ4n) is 2.11. The molecule has 0 radical (unpaired) electrons. The monoisotopic (exact) mass is 295 g/mol. The zero-order valence-electron chi connectivity index (χ0n) is 10.6. The normalized spacial score (nSPS) is 18.6. The molecule has 0 bridgehead atoms. The lowest BCUT2D eigenvalue weighted by Gasteiger charge is -2.25. The van der Waals surface area contributed by atoms with Crippen LogP contribution >= 0.6 is 22.7 Å². The van der Waals surface area contributed by atoms with Crippen LogP contribution in [-0.2, 0) is 11.3 Å². The predicted molar refractivity (Wildman–Crippen MR) is 78.6 cm³/mol. The van der Waals surface area contributed by atoms with Crippen LogP contribution in [0.15, 0.2) is 22.9 Å². The van der Waals surface area contributed by atoms with Crippen LogP contribution in [0.2, 0.25) is 0 Å². The van der Waals surface area contributed by atoms with Crippen molar-refractivity contribution in [2.45, 2.75) is 12.6 Å². The van der Waals surface area contributed by atoms with E-state index in [0.717, 1.165) is 43.5 Å². The molecule has 1 atom stereocenters. The highest BCUT2D eigenvalue weighted by molar-refractivity contribution is 7.10. The molecule has 0 aliphatic carbocycles. The van der Waals surface area contributed by atoms with Crippen LogP contribution in [0, 0.1) is 0 Å². The minimum atomic E-state index is -0.0883. The van der Waals surface area contributed by atoms with Gasteiger partial charge in [-0.25, -0.2) is 4.98 Å². The van der Waals surface area contributed by atoms with Gasteiger partial charge in [-0.1, -0.05) is 6.07 Å². The summed E-state index contributed by atoms with van der Waals surface area (Å²) in [6, 6.07) is 4.01. The fourth-order valence-corrected chi connectivity index (χ4v) is 3.72. The van der Waals surface area contributed by atoms with Crippen molar-refractivity contribution in [1.29, 1.82) is 0 Å². The molecule has 0 amide bonds. The second-order valence-electron chi connectivity index (χ2n) is 4.55. The van der Waals surface area contributed by atoms with Gasteiger partial charge in [0.2, 0.25) is 0 Å². The number of thiophene rings is 1. The van der Waals surface area contributed by atoms with Crippen molar-refractivity contribution in [1.82, 2.24) is 9.88 Å². The Hall–Kier alpha value is -0.790. The van der Waals surface area contributed by atoms with Gasteiger partial charge in [-0.2, -0.15) is 0 Å². The van der Waals surface area contributed by atoms with Crippen LogP contribution < -0.4 is 5.73 Å². The molecule has 6 heteroatoms. The summed E-state index contributed by atoms with van der Waals surface area (Å²) in [7, 11) is 0. The van der Waals surface area contributed by atoms with E-state index in [1.165, 1.54) is 4.88 Å². The van der Waals surface area contributed by atoms with Crippen LogP contribution in [-0.4, -0.2) is 36.2 Å². The molecule has 0 aromatic carbocycles. The standard InChI is InChI=1S/C13H17N3OS2/c14-13(11-2-1-7-18-11)10-9-19-12(15-10)8-16-3-5-17-6-4-16/h1-2,7,9,13H,3-6,8,14H2. The number of nitrogens with two attached hydrogens (primary N) is 1. The zero-order chi connectivity index (χ0) is 13.1. The van der Waals surface area contributed by atoms with E-state index in [-0.39, 0.29) is 6.04 Å². The number of ether oxygens (including phenoxy) is 1. The number of rotatable bonds is 4. The second kappa shape index (κ2) is 6.11. The summed E-state index contributed by atoms with van der Waals surface area (Å²) in [5.74, 6) is 0. The molecule has 2 N–H and O–H groups in total. The van der Waals surface area contributed by atoms with Crippen molar-refractivity contribution in [2.75, 3.05) is 26.3 Å². The highest BCUT2D eigenvalue weighted by Crippen LogP contribution is 2.25. The van der Waals surface area contributed by atoms with Crippen molar-refractivity contribution in [3.8, 4) is 0 Å². The average molecular weight is 295 g/mol. The number of morpholine rings is 1. The predicted octanol–water partition coefficient (Wildman–Crippen LogP) is 2.08. The van der Waals surface area contributed by atoms with Crippen molar-refractivity contribution >= 4 is 22.7 Å². The molecule has 1 fully saturated rings. The summed E-state index contributed by atoms with van der Waals surface area (Å²) in [6.45, 7) is 4.54. The Morgan fingerprint density at radius 2 is 2.21 bits per heavy atom. The molecule has 2 aromatic heterocycles. The number of aromatic nitrogens is 1. The van der Waals surface area contributed by atoms with E-state index in [4.69, 9.17) is 10.5 Å². The van der Waals surface area contributed by atoms with E-state index in [0.29, 0.717) is 0 Å². The van der Waals surface area contributed by atoms with Crippen LogP contribution in [0.25, 0.3) is 0 Å². The summed E-state index contributed by atoms with van der Waals surface area (Å²) in [5.41, 5.74) is 7.21.